The first kappa shape index (κ1) is 14.1. The Kier molecular flexibility index (Phi) is 3.68. The molecule has 1 N–H and O–H groups in total. The smallest absolute Gasteiger partial charge is 0.254 e. The summed E-state index contributed by atoms with van der Waals surface area (Å²) in [5, 5.41) is 10.2. The highest BCUT2D eigenvalue weighted by atomic mass is 16.3. The molecule has 19 heavy (non-hydrogen) atoms. The third-order valence-corrected chi connectivity index (χ3v) is 4.08. The van der Waals surface area contributed by atoms with E-state index in [9.17, 15) is 9.90 Å². The predicted molar refractivity (Wildman–Crippen MR) is 76.3 cm³/mol. The van der Waals surface area contributed by atoms with E-state index in [-0.39, 0.29) is 11.9 Å². The van der Waals surface area contributed by atoms with Crippen molar-refractivity contribution >= 4 is 5.91 Å². The van der Waals surface area contributed by atoms with Gasteiger partial charge in [-0.25, -0.2) is 0 Å². The van der Waals surface area contributed by atoms with E-state index < -0.39 is 5.60 Å². The highest BCUT2D eigenvalue weighted by Crippen LogP contribution is 2.28. The maximum Gasteiger partial charge on any atom is 0.254 e. The second kappa shape index (κ2) is 4.97. The molecule has 1 amide bonds. The molecule has 0 saturated carbocycles. The molecule has 0 aliphatic carbocycles. The standard InChI is InChI=1S/C16H23NO2/c1-11-7-8-13(10-12(11)2)15(18)17-9-5-6-14(17)16(3,4)19/h7-8,10,14,19H,5-6,9H2,1-4H3. The third-order valence-electron chi connectivity index (χ3n) is 4.08. The van der Waals surface area contributed by atoms with Gasteiger partial charge in [-0.1, -0.05) is 6.07 Å². The lowest BCUT2D eigenvalue weighted by molar-refractivity contribution is 0.000334. The van der Waals surface area contributed by atoms with E-state index in [4.69, 9.17) is 0 Å². The number of carbonyl (C=O) groups is 1. The monoisotopic (exact) mass is 261 g/mol. The molecule has 0 aromatic heterocycles. The minimum Gasteiger partial charge on any atom is -0.388 e. The maximum absolute atomic E-state index is 12.6. The van der Waals surface area contributed by atoms with Gasteiger partial charge in [0.05, 0.1) is 11.6 Å². The van der Waals surface area contributed by atoms with Crippen molar-refractivity contribution in [1.82, 2.24) is 4.90 Å². The summed E-state index contributed by atoms with van der Waals surface area (Å²) in [6.45, 7) is 8.36. The number of nitrogens with zero attached hydrogens (tertiary/aromatic N) is 1. The van der Waals surface area contributed by atoms with Gasteiger partial charge in [-0.15, -0.1) is 0 Å². The molecule has 1 fully saturated rings. The highest BCUT2D eigenvalue weighted by molar-refractivity contribution is 5.95. The van der Waals surface area contributed by atoms with Gasteiger partial charge in [0.15, 0.2) is 0 Å². The molecule has 3 nitrogen and oxygen atoms in total. The fraction of sp³-hybridized carbons (Fsp3) is 0.562. The van der Waals surface area contributed by atoms with Crippen molar-refractivity contribution in [3.05, 3.63) is 34.9 Å². The van der Waals surface area contributed by atoms with Crippen LogP contribution in [0.4, 0.5) is 0 Å². The van der Waals surface area contributed by atoms with Crippen molar-refractivity contribution in [3.63, 3.8) is 0 Å². The molecule has 1 aromatic carbocycles. The first-order valence-electron chi connectivity index (χ1n) is 6.91. The van der Waals surface area contributed by atoms with Crippen LogP contribution in [0.1, 0.15) is 48.2 Å². The normalized spacial score (nSPS) is 19.8. The van der Waals surface area contributed by atoms with E-state index >= 15 is 0 Å². The lowest BCUT2D eigenvalue weighted by atomic mass is 9.96. The first-order chi connectivity index (χ1) is 8.80. The molecule has 2 rings (SSSR count). The van der Waals surface area contributed by atoms with Crippen molar-refractivity contribution in [2.45, 2.75) is 52.2 Å². The Bertz CT molecular complexity index is 488. The summed E-state index contributed by atoms with van der Waals surface area (Å²) in [6.07, 6.45) is 1.84. The lowest BCUT2D eigenvalue weighted by Crippen LogP contribution is -2.48. The van der Waals surface area contributed by atoms with E-state index in [0.717, 1.165) is 30.5 Å². The number of amides is 1. The zero-order chi connectivity index (χ0) is 14.2. The Balaban J connectivity index is 2.26. The summed E-state index contributed by atoms with van der Waals surface area (Å²) in [7, 11) is 0. The van der Waals surface area contributed by atoms with Crippen molar-refractivity contribution in [2.24, 2.45) is 0 Å². The Morgan fingerprint density at radius 3 is 2.58 bits per heavy atom. The van der Waals surface area contributed by atoms with Crippen LogP contribution in [0, 0.1) is 13.8 Å². The average molecular weight is 261 g/mol. The van der Waals surface area contributed by atoms with E-state index in [2.05, 4.69) is 0 Å². The predicted octanol–water partition coefficient (Wildman–Crippen LogP) is 2.68. The molecule has 1 atom stereocenters. The zero-order valence-corrected chi connectivity index (χ0v) is 12.2. The van der Waals surface area contributed by atoms with Gasteiger partial charge >= 0.3 is 0 Å². The van der Waals surface area contributed by atoms with Crippen molar-refractivity contribution in [1.29, 1.82) is 0 Å². The van der Waals surface area contributed by atoms with Crippen LogP contribution in [-0.2, 0) is 0 Å². The molecule has 1 heterocycles. The maximum atomic E-state index is 12.6. The minimum atomic E-state index is -0.841. The molecule has 1 aliphatic heterocycles. The summed E-state index contributed by atoms with van der Waals surface area (Å²) in [5.41, 5.74) is 2.20. The molecule has 0 spiro atoms. The summed E-state index contributed by atoms with van der Waals surface area (Å²) in [6, 6.07) is 5.72. The van der Waals surface area contributed by atoms with Crippen molar-refractivity contribution in [2.75, 3.05) is 6.54 Å². The van der Waals surface area contributed by atoms with Gasteiger partial charge in [0.2, 0.25) is 0 Å². The number of benzene rings is 1. The number of aliphatic hydroxyl groups is 1. The van der Waals surface area contributed by atoms with Gasteiger partial charge in [0, 0.05) is 12.1 Å². The van der Waals surface area contributed by atoms with Gasteiger partial charge < -0.3 is 10.0 Å². The molecule has 1 unspecified atom stereocenters. The second-order valence-electron chi connectivity index (χ2n) is 6.11. The molecular weight excluding hydrogens is 238 g/mol. The summed E-state index contributed by atoms with van der Waals surface area (Å²) in [4.78, 5) is 14.4. The van der Waals surface area contributed by atoms with Crippen LogP contribution in [0.25, 0.3) is 0 Å². The Morgan fingerprint density at radius 1 is 1.32 bits per heavy atom. The average Bonchev–Trinajstić information content (AvgIpc) is 2.80. The fourth-order valence-electron chi connectivity index (χ4n) is 2.78. The van der Waals surface area contributed by atoms with E-state index in [1.807, 2.05) is 36.9 Å². The van der Waals surface area contributed by atoms with Gasteiger partial charge in [-0.3, -0.25) is 4.79 Å². The summed E-state index contributed by atoms with van der Waals surface area (Å²) >= 11 is 0. The van der Waals surface area contributed by atoms with E-state index in [1.54, 1.807) is 13.8 Å². The highest BCUT2D eigenvalue weighted by Gasteiger charge is 2.38. The van der Waals surface area contributed by atoms with Crippen molar-refractivity contribution in [3.8, 4) is 0 Å². The topological polar surface area (TPSA) is 40.5 Å². The first-order valence-corrected chi connectivity index (χ1v) is 6.91. The van der Waals surface area contributed by atoms with E-state index in [0.29, 0.717) is 0 Å². The molecule has 0 bridgehead atoms. The summed E-state index contributed by atoms with van der Waals surface area (Å²) in [5.74, 6) is 0.0349. The number of hydrogen-bond donors (Lipinski definition) is 1. The van der Waals surface area contributed by atoms with Crippen LogP contribution >= 0.6 is 0 Å². The number of carbonyl (C=O) groups excluding carboxylic acids is 1. The van der Waals surface area contributed by atoms with Crippen LogP contribution in [-0.4, -0.2) is 34.1 Å². The number of rotatable bonds is 2. The minimum absolute atomic E-state index is 0.0349. The van der Waals surface area contributed by atoms with Gasteiger partial charge in [0.1, 0.15) is 0 Å². The molecule has 0 radical (unpaired) electrons. The van der Waals surface area contributed by atoms with Crippen molar-refractivity contribution < 1.29 is 9.90 Å². The number of hydrogen-bond acceptors (Lipinski definition) is 2. The summed E-state index contributed by atoms with van der Waals surface area (Å²) < 4.78 is 0. The quantitative estimate of drug-likeness (QED) is 0.889. The van der Waals surface area contributed by atoms with Crippen LogP contribution in [0.15, 0.2) is 18.2 Å². The second-order valence-corrected chi connectivity index (χ2v) is 6.11. The molecule has 3 heteroatoms. The number of likely N-dealkylation sites (tertiary alicyclic amines) is 1. The van der Waals surface area contributed by atoms with Crippen LogP contribution in [0.3, 0.4) is 0 Å². The molecule has 104 valence electrons. The number of aryl methyl sites for hydroxylation is 2. The third kappa shape index (κ3) is 2.81. The molecular formula is C16H23NO2. The Labute approximate surface area is 115 Å². The van der Waals surface area contributed by atoms with Crippen LogP contribution in [0.2, 0.25) is 0 Å². The molecule has 1 saturated heterocycles. The SMILES string of the molecule is Cc1ccc(C(=O)N2CCCC2C(C)(C)O)cc1C. The van der Waals surface area contributed by atoms with E-state index in [1.165, 1.54) is 5.56 Å². The molecule has 1 aromatic rings. The lowest BCUT2D eigenvalue weighted by Gasteiger charge is -2.34. The van der Waals surface area contributed by atoms with Gasteiger partial charge in [-0.2, -0.15) is 0 Å². The molecule has 1 aliphatic rings. The van der Waals surface area contributed by atoms with Gasteiger partial charge in [0.25, 0.3) is 5.91 Å². The Hall–Kier alpha value is -1.35. The fourth-order valence-corrected chi connectivity index (χ4v) is 2.78. The van der Waals surface area contributed by atoms with Crippen LogP contribution < -0.4 is 0 Å². The van der Waals surface area contributed by atoms with Crippen LogP contribution in [0.5, 0.6) is 0 Å². The van der Waals surface area contributed by atoms with Gasteiger partial charge in [-0.05, 0) is 63.8 Å². The zero-order valence-electron chi connectivity index (χ0n) is 12.2. The largest absolute Gasteiger partial charge is 0.388 e. The Morgan fingerprint density at radius 2 is 2.00 bits per heavy atom.